The molecule has 2 rings (SSSR count). The smallest absolute Gasteiger partial charge is 0.349 e. The van der Waals surface area contributed by atoms with Crippen molar-refractivity contribution in [1.29, 1.82) is 0 Å². The van der Waals surface area contributed by atoms with Gasteiger partial charge in [0.15, 0.2) is 0 Å². The van der Waals surface area contributed by atoms with Crippen LogP contribution in [-0.2, 0) is 11.0 Å². The maximum Gasteiger partial charge on any atom is 0.416 e. The maximum absolute atomic E-state index is 12.6. The fourth-order valence-corrected chi connectivity index (χ4v) is 2.81. The predicted octanol–water partition coefficient (Wildman–Crippen LogP) is 3.86. The minimum absolute atomic E-state index is 0. The standard InChI is InChI=1S/C17H23F3N2O.ClH/c1-11(12-3-5-14(6-4-12)17(18,19)20)9-15(23)22-16(2,10-21)13-7-8-13;/h3-6,11,13H,7-10,21H2,1-2H3,(H,22,23);1H. The predicted molar refractivity (Wildman–Crippen MR) is 90.1 cm³/mol. The Morgan fingerprint density at radius 2 is 1.83 bits per heavy atom. The van der Waals surface area contributed by atoms with Gasteiger partial charge in [0.2, 0.25) is 5.91 Å². The zero-order chi connectivity index (χ0) is 17.3. The first-order valence-corrected chi connectivity index (χ1v) is 7.84. The van der Waals surface area contributed by atoms with E-state index in [1.807, 2.05) is 13.8 Å². The third kappa shape index (κ3) is 5.11. The summed E-state index contributed by atoms with van der Waals surface area (Å²) in [6, 6.07) is 4.98. The topological polar surface area (TPSA) is 55.1 Å². The van der Waals surface area contributed by atoms with E-state index in [1.54, 1.807) is 0 Å². The van der Waals surface area contributed by atoms with Crippen molar-refractivity contribution in [3.63, 3.8) is 0 Å². The number of amides is 1. The van der Waals surface area contributed by atoms with Crippen molar-refractivity contribution in [3.8, 4) is 0 Å². The molecule has 1 aliphatic carbocycles. The van der Waals surface area contributed by atoms with E-state index in [0.717, 1.165) is 25.0 Å². The summed E-state index contributed by atoms with van der Waals surface area (Å²) in [6.07, 6.45) is -1.97. The minimum Gasteiger partial charge on any atom is -0.349 e. The Hall–Kier alpha value is -1.27. The molecule has 0 bridgehead atoms. The summed E-state index contributed by atoms with van der Waals surface area (Å²) in [4.78, 5) is 12.2. The largest absolute Gasteiger partial charge is 0.416 e. The second-order valence-corrected chi connectivity index (χ2v) is 6.67. The number of rotatable bonds is 6. The zero-order valence-electron chi connectivity index (χ0n) is 13.8. The zero-order valence-corrected chi connectivity index (χ0v) is 14.6. The van der Waals surface area contributed by atoms with Crippen molar-refractivity contribution < 1.29 is 18.0 Å². The fourth-order valence-electron chi connectivity index (χ4n) is 2.81. The summed E-state index contributed by atoms with van der Waals surface area (Å²) in [5.41, 5.74) is 5.43. The van der Waals surface area contributed by atoms with E-state index in [2.05, 4.69) is 5.32 Å². The lowest BCUT2D eigenvalue weighted by Gasteiger charge is -2.30. The van der Waals surface area contributed by atoms with Gasteiger partial charge in [-0.15, -0.1) is 12.4 Å². The van der Waals surface area contributed by atoms with E-state index in [4.69, 9.17) is 5.73 Å². The molecule has 0 radical (unpaired) electrons. The first kappa shape index (κ1) is 20.8. The van der Waals surface area contributed by atoms with Crippen LogP contribution < -0.4 is 11.1 Å². The number of nitrogens with two attached hydrogens (primary N) is 1. The number of hydrogen-bond donors (Lipinski definition) is 2. The van der Waals surface area contributed by atoms with E-state index in [1.165, 1.54) is 12.1 Å². The minimum atomic E-state index is -4.34. The highest BCUT2D eigenvalue weighted by Crippen LogP contribution is 2.39. The van der Waals surface area contributed by atoms with E-state index in [0.29, 0.717) is 18.0 Å². The molecule has 7 heteroatoms. The molecule has 24 heavy (non-hydrogen) atoms. The summed E-state index contributed by atoms with van der Waals surface area (Å²) in [5.74, 6) is 0.161. The van der Waals surface area contributed by atoms with Crippen LogP contribution in [0.5, 0.6) is 0 Å². The van der Waals surface area contributed by atoms with Gasteiger partial charge in [-0.05, 0) is 49.3 Å². The highest BCUT2D eigenvalue weighted by atomic mass is 35.5. The van der Waals surface area contributed by atoms with E-state index in [9.17, 15) is 18.0 Å². The Kier molecular flexibility index (Phi) is 6.70. The van der Waals surface area contributed by atoms with Crippen LogP contribution >= 0.6 is 12.4 Å². The Morgan fingerprint density at radius 3 is 2.25 bits per heavy atom. The Balaban J connectivity index is 0.00000288. The van der Waals surface area contributed by atoms with E-state index < -0.39 is 11.7 Å². The number of alkyl halides is 3. The quantitative estimate of drug-likeness (QED) is 0.805. The van der Waals surface area contributed by atoms with E-state index >= 15 is 0 Å². The molecule has 3 nitrogen and oxygen atoms in total. The third-order valence-electron chi connectivity index (χ3n) is 4.63. The molecule has 2 unspecified atom stereocenters. The average Bonchev–Trinajstić information content (AvgIpc) is 3.31. The second kappa shape index (κ2) is 7.74. The van der Waals surface area contributed by atoms with Crippen LogP contribution in [-0.4, -0.2) is 18.0 Å². The Morgan fingerprint density at radius 1 is 1.29 bits per heavy atom. The highest BCUT2D eigenvalue weighted by Gasteiger charge is 2.41. The molecule has 1 saturated carbocycles. The van der Waals surface area contributed by atoms with Crippen LogP contribution in [0.3, 0.4) is 0 Å². The lowest BCUT2D eigenvalue weighted by atomic mass is 9.93. The van der Waals surface area contributed by atoms with Gasteiger partial charge in [-0.2, -0.15) is 13.2 Å². The molecular formula is C17H24ClF3N2O. The number of hydrogen-bond acceptors (Lipinski definition) is 2. The average molecular weight is 365 g/mol. The molecule has 0 saturated heterocycles. The summed E-state index contributed by atoms with van der Waals surface area (Å²) in [5, 5.41) is 3.00. The van der Waals surface area contributed by atoms with Gasteiger partial charge >= 0.3 is 6.18 Å². The van der Waals surface area contributed by atoms with E-state index in [-0.39, 0.29) is 36.2 Å². The lowest BCUT2D eigenvalue weighted by Crippen LogP contribution is -2.53. The second-order valence-electron chi connectivity index (χ2n) is 6.67. The molecule has 3 N–H and O–H groups in total. The van der Waals surface area contributed by atoms with Crippen molar-refractivity contribution in [2.45, 2.75) is 50.7 Å². The molecule has 1 aromatic rings. The summed E-state index contributed by atoms with van der Waals surface area (Å²) < 4.78 is 37.7. The SMILES string of the molecule is CC(CC(=O)NC(C)(CN)C1CC1)c1ccc(C(F)(F)F)cc1.Cl. The van der Waals surface area contributed by atoms with Gasteiger partial charge in [0.1, 0.15) is 0 Å². The van der Waals surface area contributed by atoms with Crippen LogP contribution in [0.1, 0.15) is 50.2 Å². The molecule has 0 aromatic heterocycles. The van der Waals surface area contributed by atoms with Gasteiger partial charge in [0.25, 0.3) is 0 Å². The van der Waals surface area contributed by atoms with Gasteiger partial charge in [-0.25, -0.2) is 0 Å². The molecule has 0 spiro atoms. The van der Waals surface area contributed by atoms with Gasteiger partial charge in [-0.1, -0.05) is 19.1 Å². The first-order chi connectivity index (χ1) is 10.7. The van der Waals surface area contributed by atoms with Crippen LogP contribution in [0, 0.1) is 5.92 Å². The molecule has 2 atom stereocenters. The van der Waals surface area contributed by atoms with Gasteiger partial charge in [-0.3, -0.25) is 4.79 Å². The summed E-state index contributed by atoms with van der Waals surface area (Å²) >= 11 is 0. The Bertz CT molecular complexity index is 558. The Labute approximate surface area is 146 Å². The molecule has 136 valence electrons. The monoisotopic (exact) mass is 364 g/mol. The normalized spacial score (nSPS) is 18.2. The van der Waals surface area contributed by atoms with Gasteiger partial charge < -0.3 is 11.1 Å². The molecular weight excluding hydrogens is 341 g/mol. The molecule has 1 amide bonds. The molecule has 0 heterocycles. The van der Waals surface area contributed by atoms with Crippen LogP contribution in [0.4, 0.5) is 13.2 Å². The highest BCUT2D eigenvalue weighted by molar-refractivity contribution is 5.85. The molecule has 1 aliphatic rings. The first-order valence-electron chi connectivity index (χ1n) is 7.84. The lowest BCUT2D eigenvalue weighted by molar-refractivity contribution is -0.137. The fraction of sp³-hybridized carbons (Fsp3) is 0.588. The van der Waals surface area contributed by atoms with Crippen molar-refractivity contribution in [1.82, 2.24) is 5.32 Å². The number of halogens is 4. The summed E-state index contributed by atoms with van der Waals surface area (Å²) in [7, 11) is 0. The van der Waals surface area contributed by atoms with Crippen molar-refractivity contribution >= 4 is 18.3 Å². The number of benzene rings is 1. The molecule has 1 aromatic carbocycles. The summed E-state index contributed by atoms with van der Waals surface area (Å²) in [6.45, 7) is 4.17. The van der Waals surface area contributed by atoms with Crippen molar-refractivity contribution in [2.75, 3.05) is 6.54 Å². The van der Waals surface area contributed by atoms with Crippen LogP contribution in [0.2, 0.25) is 0 Å². The number of nitrogens with one attached hydrogen (secondary N) is 1. The van der Waals surface area contributed by atoms with Crippen LogP contribution in [0.15, 0.2) is 24.3 Å². The molecule has 0 aliphatic heterocycles. The number of carbonyl (C=O) groups is 1. The van der Waals surface area contributed by atoms with Crippen molar-refractivity contribution in [2.24, 2.45) is 11.7 Å². The molecule has 1 fully saturated rings. The van der Waals surface area contributed by atoms with Crippen LogP contribution in [0.25, 0.3) is 0 Å². The van der Waals surface area contributed by atoms with Gasteiger partial charge in [0.05, 0.1) is 11.1 Å². The third-order valence-corrected chi connectivity index (χ3v) is 4.63. The van der Waals surface area contributed by atoms with Gasteiger partial charge in [0, 0.05) is 13.0 Å². The maximum atomic E-state index is 12.6. The van der Waals surface area contributed by atoms with Crippen molar-refractivity contribution in [3.05, 3.63) is 35.4 Å². The number of carbonyl (C=O) groups excluding carboxylic acids is 1.